The number of carbonyl (C=O) groups is 2. The molecule has 5 heteroatoms. The second-order valence-corrected chi connectivity index (χ2v) is 5.68. The number of nitrogens with two attached hydrogens (primary N) is 1. The second kappa shape index (κ2) is 6.20. The lowest BCUT2D eigenvalue weighted by Gasteiger charge is -2.14. The highest BCUT2D eigenvalue weighted by atomic mass is 16.5. The number of nitrogens with one attached hydrogen (secondary N) is 1. The van der Waals surface area contributed by atoms with Crippen LogP contribution in [0.3, 0.4) is 0 Å². The average molecular weight is 322 g/mol. The molecule has 0 fully saturated rings. The molecule has 0 saturated heterocycles. The van der Waals surface area contributed by atoms with E-state index in [1.165, 1.54) is 0 Å². The molecule has 0 radical (unpaired) electrons. The van der Waals surface area contributed by atoms with Crippen LogP contribution in [0.25, 0.3) is 10.9 Å². The molecule has 122 valence electrons. The third-order valence-electron chi connectivity index (χ3n) is 3.96. The van der Waals surface area contributed by atoms with Crippen LogP contribution in [0.2, 0.25) is 0 Å². The van der Waals surface area contributed by atoms with E-state index in [1.54, 1.807) is 31.2 Å². The highest BCUT2D eigenvalue weighted by molar-refractivity contribution is 6.11. The topological polar surface area (TPSA) is 85.2 Å². The summed E-state index contributed by atoms with van der Waals surface area (Å²) in [5.74, 6) is -0.0811. The van der Waals surface area contributed by atoms with Crippen molar-refractivity contribution < 1.29 is 14.3 Å². The Balaban J connectivity index is 1.84. The summed E-state index contributed by atoms with van der Waals surface area (Å²) in [7, 11) is 0. The third kappa shape index (κ3) is 2.88. The van der Waals surface area contributed by atoms with E-state index in [0.29, 0.717) is 16.9 Å². The molecular formula is C19H18N2O3. The maximum absolute atomic E-state index is 12.8. The number of para-hydroxylation sites is 1. The van der Waals surface area contributed by atoms with Gasteiger partial charge in [0.25, 0.3) is 0 Å². The number of hydrogen-bond donors (Lipinski definition) is 2. The highest BCUT2D eigenvalue weighted by Gasteiger charge is 2.22. The van der Waals surface area contributed by atoms with Crippen molar-refractivity contribution in [3.8, 4) is 5.75 Å². The van der Waals surface area contributed by atoms with Crippen molar-refractivity contribution >= 4 is 22.6 Å². The molecule has 24 heavy (non-hydrogen) atoms. The maximum atomic E-state index is 12.8. The molecule has 0 spiro atoms. The van der Waals surface area contributed by atoms with Gasteiger partial charge in [-0.15, -0.1) is 0 Å². The normalized spacial score (nSPS) is 12.1. The number of aromatic nitrogens is 1. The van der Waals surface area contributed by atoms with Crippen molar-refractivity contribution in [2.24, 2.45) is 5.73 Å². The van der Waals surface area contributed by atoms with Gasteiger partial charge < -0.3 is 15.5 Å². The number of aryl methyl sites for hydroxylation is 1. The number of amides is 1. The first kappa shape index (κ1) is 15.8. The molecule has 1 unspecified atom stereocenters. The van der Waals surface area contributed by atoms with Gasteiger partial charge in [0.05, 0.1) is 0 Å². The summed E-state index contributed by atoms with van der Waals surface area (Å²) in [6.45, 7) is 3.59. The van der Waals surface area contributed by atoms with Crippen LogP contribution in [0, 0.1) is 6.92 Å². The van der Waals surface area contributed by atoms with Crippen LogP contribution in [0.15, 0.2) is 48.5 Å². The summed E-state index contributed by atoms with van der Waals surface area (Å²) < 4.78 is 5.72. The Labute approximate surface area is 139 Å². The first-order valence-corrected chi connectivity index (χ1v) is 7.65. The molecule has 3 rings (SSSR count). The van der Waals surface area contributed by atoms with Gasteiger partial charge in [0.15, 0.2) is 6.10 Å². The lowest BCUT2D eigenvalue weighted by Crippen LogP contribution is -2.24. The first-order valence-electron chi connectivity index (χ1n) is 7.65. The van der Waals surface area contributed by atoms with E-state index >= 15 is 0 Å². The van der Waals surface area contributed by atoms with E-state index < -0.39 is 12.0 Å². The van der Waals surface area contributed by atoms with Gasteiger partial charge in [-0.3, -0.25) is 9.59 Å². The van der Waals surface area contributed by atoms with E-state index in [0.717, 1.165) is 16.6 Å². The number of H-pyrrole nitrogens is 1. The fourth-order valence-corrected chi connectivity index (χ4v) is 2.75. The summed E-state index contributed by atoms with van der Waals surface area (Å²) in [6.07, 6.45) is -0.651. The quantitative estimate of drug-likeness (QED) is 0.707. The first-order chi connectivity index (χ1) is 11.5. The van der Waals surface area contributed by atoms with Gasteiger partial charge in [-0.25, -0.2) is 0 Å². The molecule has 1 atom stereocenters. The van der Waals surface area contributed by atoms with E-state index in [-0.39, 0.29) is 5.78 Å². The summed E-state index contributed by atoms with van der Waals surface area (Å²) in [5.41, 5.74) is 8.00. The van der Waals surface area contributed by atoms with E-state index in [1.807, 2.05) is 31.2 Å². The van der Waals surface area contributed by atoms with Crippen LogP contribution >= 0.6 is 0 Å². The van der Waals surface area contributed by atoms with Gasteiger partial charge in [-0.2, -0.15) is 0 Å². The molecule has 0 aliphatic heterocycles. The van der Waals surface area contributed by atoms with Gasteiger partial charge in [-0.05, 0) is 44.2 Å². The Kier molecular flexibility index (Phi) is 4.08. The number of hydrogen-bond acceptors (Lipinski definition) is 3. The number of Topliss-reactive ketones (excluding diaryl/α,β-unsaturated/α-hetero) is 1. The predicted molar refractivity (Wildman–Crippen MR) is 92.4 cm³/mol. The number of benzene rings is 2. The minimum absolute atomic E-state index is 0.0936. The number of rotatable bonds is 5. The molecule has 5 nitrogen and oxygen atoms in total. The third-order valence-corrected chi connectivity index (χ3v) is 3.96. The van der Waals surface area contributed by atoms with Crippen LogP contribution in [-0.4, -0.2) is 22.8 Å². The highest BCUT2D eigenvalue weighted by Crippen LogP contribution is 2.24. The molecule has 0 aliphatic rings. The molecule has 0 aliphatic carbocycles. The molecule has 1 aromatic heterocycles. The Bertz CT molecular complexity index is 910. The number of carbonyl (C=O) groups excluding carboxylic acids is 2. The van der Waals surface area contributed by atoms with Crippen molar-refractivity contribution in [2.45, 2.75) is 20.0 Å². The summed E-state index contributed by atoms with van der Waals surface area (Å²) in [5, 5.41) is 0.888. The van der Waals surface area contributed by atoms with Gasteiger partial charge in [-0.1, -0.05) is 18.2 Å². The minimum atomic E-state index is -0.651. The number of ether oxygens (including phenoxy) is 1. The molecular weight excluding hydrogens is 304 g/mol. The van der Waals surface area contributed by atoms with E-state index in [4.69, 9.17) is 10.5 Å². The molecule has 3 N–H and O–H groups in total. The number of ketones is 1. The zero-order chi connectivity index (χ0) is 17.3. The Hall–Kier alpha value is -3.08. The lowest BCUT2D eigenvalue weighted by atomic mass is 10.0. The van der Waals surface area contributed by atoms with Gasteiger partial charge in [0, 0.05) is 27.7 Å². The fourth-order valence-electron chi connectivity index (χ4n) is 2.75. The zero-order valence-electron chi connectivity index (χ0n) is 13.5. The molecule has 1 heterocycles. The Morgan fingerprint density at radius 3 is 2.42 bits per heavy atom. The molecule has 2 aromatic carbocycles. The van der Waals surface area contributed by atoms with E-state index in [2.05, 4.69) is 4.98 Å². The lowest BCUT2D eigenvalue weighted by molar-refractivity contribution is 0.0818. The van der Waals surface area contributed by atoms with Crippen molar-refractivity contribution in [1.29, 1.82) is 0 Å². The van der Waals surface area contributed by atoms with Crippen molar-refractivity contribution in [2.75, 3.05) is 0 Å². The van der Waals surface area contributed by atoms with Crippen LogP contribution in [0.1, 0.15) is 33.3 Å². The van der Waals surface area contributed by atoms with Crippen LogP contribution in [0.4, 0.5) is 0 Å². The average Bonchev–Trinajstić information content (AvgIpc) is 2.90. The standard InChI is InChI=1S/C19H18N2O3/c1-11-17(15-5-3-4-6-16(15)21-11)18(22)12(2)24-14-9-7-13(8-10-14)19(20)23/h3-10,12,21H,1-2H3,(H2,20,23). The summed E-state index contributed by atoms with van der Waals surface area (Å²) in [4.78, 5) is 27.1. The smallest absolute Gasteiger partial charge is 0.248 e. The largest absolute Gasteiger partial charge is 0.483 e. The number of primary amides is 1. The van der Waals surface area contributed by atoms with Crippen LogP contribution in [0.5, 0.6) is 5.75 Å². The summed E-state index contributed by atoms with van der Waals surface area (Å²) >= 11 is 0. The van der Waals surface area contributed by atoms with Crippen molar-refractivity contribution in [3.63, 3.8) is 0 Å². The van der Waals surface area contributed by atoms with Crippen LogP contribution in [-0.2, 0) is 0 Å². The maximum Gasteiger partial charge on any atom is 0.248 e. The zero-order valence-corrected chi connectivity index (χ0v) is 13.5. The van der Waals surface area contributed by atoms with E-state index in [9.17, 15) is 9.59 Å². The number of fused-ring (bicyclic) bond motifs is 1. The molecule has 0 bridgehead atoms. The Morgan fingerprint density at radius 1 is 1.08 bits per heavy atom. The van der Waals surface area contributed by atoms with Crippen molar-refractivity contribution in [3.05, 3.63) is 65.4 Å². The molecule has 0 saturated carbocycles. The molecule has 3 aromatic rings. The molecule has 1 amide bonds. The fraction of sp³-hybridized carbons (Fsp3) is 0.158. The monoisotopic (exact) mass is 322 g/mol. The van der Waals surface area contributed by atoms with Crippen molar-refractivity contribution in [1.82, 2.24) is 4.98 Å². The SMILES string of the molecule is Cc1[nH]c2ccccc2c1C(=O)C(C)Oc1ccc(C(N)=O)cc1. The van der Waals surface area contributed by atoms with Crippen LogP contribution < -0.4 is 10.5 Å². The summed E-state index contributed by atoms with van der Waals surface area (Å²) in [6, 6.07) is 14.1. The number of aromatic amines is 1. The van der Waals surface area contributed by atoms with Gasteiger partial charge >= 0.3 is 0 Å². The van der Waals surface area contributed by atoms with Gasteiger partial charge in [0.1, 0.15) is 5.75 Å². The van der Waals surface area contributed by atoms with Gasteiger partial charge in [0.2, 0.25) is 11.7 Å². The predicted octanol–water partition coefficient (Wildman–Crippen LogP) is 3.23. The second-order valence-electron chi connectivity index (χ2n) is 5.68. The minimum Gasteiger partial charge on any atom is -0.483 e. The Morgan fingerprint density at radius 2 is 1.75 bits per heavy atom.